The monoisotopic (exact) mass is 457 g/mol. The van der Waals surface area contributed by atoms with E-state index < -0.39 is 29.7 Å². The zero-order chi connectivity index (χ0) is 24.4. The first kappa shape index (κ1) is 25.7. The number of carbonyl (C=O) groups is 3. The first-order valence-electron chi connectivity index (χ1n) is 10.6. The fourth-order valence-electron chi connectivity index (χ4n) is 2.87. The normalized spacial score (nSPS) is 12.8. The standard InChI is InChI=1S/C24H31N3O6/c1-24(2,3)27-23(32)26-19(22(30)31)13-14-21(29)25-17-9-11-18(12-10-17)33-15-20(28)16-7-5-4-6-8-16/h4-12,19-20,28H,13-15H2,1-3H3,(H,25,29)(H,30,31)(H2,26,27,32)/t19-,20?/m0/s1. The van der Waals surface area contributed by atoms with Crippen LogP contribution in [0.5, 0.6) is 5.75 Å². The fourth-order valence-corrected chi connectivity index (χ4v) is 2.87. The highest BCUT2D eigenvalue weighted by atomic mass is 16.5. The van der Waals surface area contributed by atoms with E-state index in [9.17, 15) is 24.6 Å². The van der Waals surface area contributed by atoms with Gasteiger partial charge in [-0.15, -0.1) is 0 Å². The third-order valence-electron chi connectivity index (χ3n) is 4.48. The first-order chi connectivity index (χ1) is 15.5. The van der Waals surface area contributed by atoms with Crippen molar-refractivity contribution in [2.24, 2.45) is 0 Å². The predicted octanol–water partition coefficient (Wildman–Crippen LogP) is 3.07. The average Bonchev–Trinajstić information content (AvgIpc) is 2.75. The van der Waals surface area contributed by atoms with Gasteiger partial charge in [0, 0.05) is 17.6 Å². The molecule has 9 nitrogen and oxygen atoms in total. The first-order valence-corrected chi connectivity index (χ1v) is 10.6. The van der Waals surface area contributed by atoms with Crippen molar-refractivity contribution in [3.63, 3.8) is 0 Å². The number of nitrogens with one attached hydrogen (secondary N) is 3. The second-order valence-electron chi connectivity index (χ2n) is 8.59. The Morgan fingerprint density at radius 1 is 1.00 bits per heavy atom. The number of rotatable bonds is 10. The van der Waals surface area contributed by atoms with E-state index in [1.54, 1.807) is 45.0 Å². The number of hydrogen-bond donors (Lipinski definition) is 5. The quantitative estimate of drug-likeness (QED) is 0.372. The number of hydrogen-bond acceptors (Lipinski definition) is 5. The highest BCUT2D eigenvalue weighted by Gasteiger charge is 2.23. The summed E-state index contributed by atoms with van der Waals surface area (Å²) in [4.78, 5) is 35.5. The highest BCUT2D eigenvalue weighted by molar-refractivity contribution is 5.91. The summed E-state index contributed by atoms with van der Waals surface area (Å²) in [7, 11) is 0. The van der Waals surface area contributed by atoms with Gasteiger partial charge in [0.15, 0.2) is 0 Å². The van der Waals surface area contributed by atoms with Crippen LogP contribution in [0, 0.1) is 0 Å². The van der Waals surface area contributed by atoms with Crippen LogP contribution in [0.2, 0.25) is 0 Å². The number of aliphatic carboxylic acids is 1. The minimum Gasteiger partial charge on any atom is -0.491 e. The van der Waals surface area contributed by atoms with Crippen LogP contribution in [0.25, 0.3) is 0 Å². The second-order valence-corrected chi connectivity index (χ2v) is 8.59. The number of amides is 3. The Bertz CT molecular complexity index is 925. The number of aliphatic hydroxyl groups is 1. The maximum Gasteiger partial charge on any atom is 0.326 e. The lowest BCUT2D eigenvalue weighted by Crippen LogP contribution is -2.51. The van der Waals surface area contributed by atoms with E-state index in [-0.39, 0.29) is 25.4 Å². The molecule has 0 fully saturated rings. The van der Waals surface area contributed by atoms with Crippen LogP contribution in [0.15, 0.2) is 54.6 Å². The van der Waals surface area contributed by atoms with Crippen molar-refractivity contribution in [2.45, 2.75) is 51.3 Å². The smallest absolute Gasteiger partial charge is 0.326 e. The summed E-state index contributed by atoms with van der Waals surface area (Å²) in [5.41, 5.74) is 0.757. The van der Waals surface area contributed by atoms with E-state index in [0.29, 0.717) is 11.4 Å². The largest absolute Gasteiger partial charge is 0.491 e. The Balaban J connectivity index is 1.79. The number of urea groups is 1. The van der Waals surface area contributed by atoms with Gasteiger partial charge in [0.2, 0.25) is 5.91 Å². The second kappa shape index (κ2) is 11.9. The van der Waals surface area contributed by atoms with Crippen LogP contribution in [0.1, 0.15) is 45.3 Å². The minimum atomic E-state index is -1.22. The summed E-state index contributed by atoms with van der Waals surface area (Å²) >= 11 is 0. The van der Waals surface area contributed by atoms with E-state index in [1.807, 2.05) is 30.3 Å². The molecule has 0 bridgehead atoms. The van der Waals surface area contributed by atoms with Crippen molar-refractivity contribution in [1.82, 2.24) is 10.6 Å². The van der Waals surface area contributed by atoms with Crippen molar-refractivity contribution >= 4 is 23.6 Å². The molecule has 0 heterocycles. The molecule has 3 amide bonds. The predicted molar refractivity (Wildman–Crippen MR) is 124 cm³/mol. The van der Waals surface area contributed by atoms with Gasteiger partial charge in [-0.05, 0) is 57.0 Å². The Labute approximate surface area is 193 Å². The highest BCUT2D eigenvalue weighted by Crippen LogP contribution is 2.19. The van der Waals surface area contributed by atoms with Crippen LogP contribution in [0.3, 0.4) is 0 Å². The van der Waals surface area contributed by atoms with Gasteiger partial charge in [0.25, 0.3) is 0 Å². The summed E-state index contributed by atoms with van der Waals surface area (Å²) in [6, 6.07) is 14.0. The van der Waals surface area contributed by atoms with Crippen molar-refractivity contribution < 1.29 is 29.3 Å². The molecule has 0 aromatic heterocycles. The number of aliphatic hydroxyl groups excluding tert-OH is 1. The van der Waals surface area contributed by atoms with Gasteiger partial charge < -0.3 is 30.9 Å². The Morgan fingerprint density at radius 2 is 1.64 bits per heavy atom. The maximum absolute atomic E-state index is 12.2. The third-order valence-corrected chi connectivity index (χ3v) is 4.48. The topological polar surface area (TPSA) is 137 Å². The van der Waals surface area contributed by atoms with Gasteiger partial charge in [0.05, 0.1) is 0 Å². The van der Waals surface area contributed by atoms with Crippen LogP contribution in [0.4, 0.5) is 10.5 Å². The molecule has 0 saturated heterocycles. The van der Waals surface area contributed by atoms with Crippen molar-refractivity contribution in [3.05, 3.63) is 60.2 Å². The van der Waals surface area contributed by atoms with E-state index in [0.717, 1.165) is 5.56 Å². The molecule has 2 rings (SSSR count). The summed E-state index contributed by atoms with van der Waals surface area (Å²) in [6.45, 7) is 5.41. The maximum atomic E-state index is 12.2. The molecule has 0 saturated carbocycles. The van der Waals surface area contributed by atoms with Gasteiger partial charge in [-0.3, -0.25) is 4.79 Å². The number of benzene rings is 2. The number of carboxylic acids is 1. The van der Waals surface area contributed by atoms with Crippen molar-refractivity contribution in [1.29, 1.82) is 0 Å². The molecular weight excluding hydrogens is 426 g/mol. The molecule has 2 aromatic carbocycles. The molecule has 2 aromatic rings. The Hall–Kier alpha value is -3.59. The minimum absolute atomic E-state index is 0.0582. The molecule has 0 radical (unpaired) electrons. The van der Waals surface area contributed by atoms with Gasteiger partial charge in [-0.25, -0.2) is 9.59 Å². The molecule has 0 aliphatic heterocycles. The van der Waals surface area contributed by atoms with E-state index >= 15 is 0 Å². The molecule has 0 aliphatic rings. The van der Waals surface area contributed by atoms with Crippen LogP contribution >= 0.6 is 0 Å². The fraction of sp³-hybridized carbons (Fsp3) is 0.375. The van der Waals surface area contributed by atoms with E-state index in [4.69, 9.17) is 4.74 Å². The lowest BCUT2D eigenvalue weighted by Gasteiger charge is -2.22. The number of anilines is 1. The number of carboxylic acid groups (broad SMARTS) is 1. The van der Waals surface area contributed by atoms with Crippen LogP contribution in [-0.2, 0) is 9.59 Å². The lowest BCUT2D eigenvalue weighted by molar-refractivity contribution is -0.139. The van der Waals surface area contributed by atoms with Gasteiger partial charge in [-0.1, -0.05) is 30.3 Å². The lowest BCUT2D eigenvalue weighted by atomic mass is 10.1. The van der Waals surface area contributed by atoms with Crippen molar-refractivity contribution in [2.75, 3.05) is 11.9 Å². The molecule has 2 atom stereocenters. The van der Waals surface area contributed by atoms with E-state index in [1.165, 1.54) is 0 Å². The number of ether oxygens (including phenoxy) is 1. The molecule has 33 heavy (non-hydrogen) atoms. The van der Waals surface area contributed by atoms with Gasteiger partial charge >= 0.3 is 12.0 Å². The summed E-state index contributed by atoms with van der Waals surface area (Å²) in [5, 5.41) is 27.1. The van der Waals surface area contributed by atoms with Gasteiger partial charge in [-0.2, -0.15) is 0 Å². The molecule has 1 unspecified atom stereocenters. The zero-order valence-corrected chi connectivity index (χ0v) is 19.0. The third kappa shape index (κ3) is 9.61. The van der Waals surface area contributed by atoms with E-state index in [2.05, 4.69) is 16.0 Å². The Kier molecular flexibility index (Phi) is 9.23. The molecule has 5 N–H and O–H groups in total. The number of carbonyl (C=O) groups excluding carboxylic acids is 2. The summed E-state index contributed by atoms with van der Waals surface area (Å²) in [5.74, 6) is -1.07. The zero-order valence-electron chi connectivity index (χ0n) is 19.0. The molecule has 178 valence electrons. The van der Waals surface area contributed by atoms with Crippen LogP contribution < -0.4 is 20.7 Å². The van der Waals surface area contributed by atoms with Crippen LogP contribution in [-0.4, -0.2) is 46.3 Å². The summed E-state index contributed by atoms with van der Waals surface area (Å²) < 4.78 is 5.58. The summed E-state index contributed by atoms with van der Waals surface area (Å²) in [6.07, 6.45) is -0.905. The molecule has 0 spiro atoms. The SMILES string of the molecule is CC(C)(C)NC(=O)N[C@@H](CCC(=O)Nc1ccc(OCC(O)c2ccccc2)cc1)C(=O)O. The average molecular weight is 458 g/mol. The Morgan fingerprint density at radius 3 is 2.21 bits per heavy atom. The molecule has 0 aliphatic carbocycles. The van der Waals surface area contributed by atoms with Gasteiger partial charge in [0.1, 0.15) is 24.5 Å². The molecule has 9 heteroatoms. The van der Waals surface area contributed by atoms with Crippen molar-refractivity contribution in [3.8, 4) is 5.75 Å². The molecular formula is C24H31N3O6.